The van der Waals surface area contributed by atoms with Crippen molar-refractivity contribution in [2.24, 2.45) is 7.05 Å². The highest BCUT2D eigenvalue weighted by atomic mass is 16.2. The fraction of sp³-hybridized carbons (Fsp3) is 0.348. The van der Waals surface area contributed by atoms with E-state index in [4.69, 9.17) is 4.98 Å². The molecule has 0 aliphatic carbocycles. The summed E-state index contributed by atoms with van der Waals surface area (Å²) in [6.45, 7) is 3.56. The largest absolute Gasteiger partial charge is 0.337 e. The van der Waals surface area contributed by atoms with Gasteiger partial charge < -0.3 is 4.90 Å². The van der Waals surface area contributed by atoms with E-state index >= 15 is 0 Å². The van der Waals surface area contributed by atoms with Crippen LogP contribution in [0.5, 0.6) is 0 Å². The standard InChI is InChI=1S/C23H26N4O/c1-17-13-19(14-18-7-4-3-5-8-18)15-21(25-17)20-9-6-12-27(16-20)23(28)22-10-11-24-26(22)2/h3-5,7-8,10-11,13,15,20H,6,9,12,14,16H2,1-2H3. The number of carbonyl (C=O) groups excluding carboxylic acids is 1. The summed E-state index contributed by atoms with van der Waals surface area (Å²) in [6, 6.07) is 16.7. The lowest BCUT2D eigenvalue weighted by atomic mass is 9.92. The first-order chi connectivity index (χ1) is 13.6. The number of hydrogen-bond acceptors (Lipinski definition) is 3. The van der Waals surface area contributed by atoms with Gasteiger partial charge in [-0.2, -0.15) is 5.10 Å². The number of benzene rings is 1. The van der Waals surface area contributed by atoms with Crippen molar-refractivity contribution in [1.29, 1.82) is 0 Å². The third kappa shape index (κ3) is 3.98. The van der Waals surface area contributed by atoms with Gasteiger partial charge in [-0.3, -0.25) is 14.5 Å². The fourth-order valence-electron chi connectivity index (χ4n) is 4.06. The maximum atomic E-state index is 12.9. The molecule has 3 aromatic rings. The van der Waals surface area contributed by atoms with Gasteiger partial charge in [0, 0.05) is 43.6 Å². The summed E-state index contributed by atoms with van der Waals surface area (Å²) in [5.41, 5.74) is 5.37. The van der Waals surface area contributed by atoms with Crippen molar-refractivity contribution in [3.05, 3.63) is 82.9 Å². The first-order valence-electron chi connectivity index (χ1n) is 9.89. The minimum atomic E-state index is 0.0573. The number of aryl methyl sites for hydroxylation is 2. The predicted octanol–water partition coefficient (Wildman–Crippen LogP) is 3.73. The summed E-state index contributed by atoms with van der Waals surface area (Å²) in [5, 5.41) is 4.13. The van der Waals surface area contributed by atoms with Gasteiger partial charge in [-0.25, -0.2) is 0 Å². The van der Waals surface area contributed by atoms with Crippen LogP contribution in [0, 0.1) is 6.92 Å². The van der Waals surface area contributed by atoms with Crippen LogP contribution in [0.25, 0.3) is 0 Å². The second-order valence-electron chi connectivity index (χ2n) is 7.63. The summed E-state index contributed by atoms with van der Waals surface area (Å²) in [4.78, 5) is 19.6. The summed E-state index contributed by atoms with van der Waals surface area (Å²) in [7, 11) is 1.81. The van der Waals surface area contributed by atoms with Crippen LogP contribution < -0.4 is 0 Å². The highest BCUT2D eigenvalue weighted by Gasteiger charge is 2.27. The van der Waals surface area contributed by atoms with E-state index in [0.717, 1.165) is 37.2 Å². The van der Waals surface area contributed by atoms with Gasteiger partial charge in [-0.05, 0) is 55.5 Å². The van der Waals surface area contributed by atoms with Gasteiger partial charge in [0.25, 0.3) is 5.91 Å². The molecule has 0 N–H and O–H groups in total. The van der Waals surface area contributed by atoms with Crippen LogP contribution in [0.3, 0.4) is 0 Å². The highest BCUT2D eigenvalue weighted by molar-refractivity contribution is 5.92. The zero-order chi connectivity index (χ0) is 19.5. The van der Waals surface area contributed by atoms with Crippen molar-refractivity contribution in [3.63, 3.8) is 0 Å². The van der Waals surface area contributed by atoms with Crippen LogP contribution in [0.1, 0.15) is 51.8 Å². The first kappa shape index (κ1) is 18.4. The number of rotatable bonds is 4. The number of amides is 1. The van der Waals surface area contributed by atoms with Gasteiger partial charge in [-0.1, -0.05) is 30.3 Å². The van der Waals surface area contributed by atoms with E-state index in [-0.39, 0.29) is 11.8 Å². The molecule has 0 saturated carbocycles. The quantitative estimate of drug-likeness (QED) is 0.699. The van der Waals surface area contributed by atoms with E-state index in [1.807, 2.05) is 18.0 Å². The normalized spacial score (nSPS) is 16.9. The Morgan fingerprint density at radius 1 is 1.14 bits per heavy atom. The van der Waals surface area contributed by atoms with Crippen molar-refractivity contribution < 1.29 is 4.79 Å². The van der Waals surface area contributed by atoms with Gasteiger partial charge in [0.15, 0.2) is 0 Å². The number of likely N-dealkylation sites (tertiary alicyclic amines) is 1. The average molecular weight is 374 g/mol. The Morgan fingerprint density at radius 2 is 1.96 bits per heavy atom. The van der Waals surface area contributed by atoms with E-state index in [9.17, 15) is 4.79 Å². The Kier molecular flexibility index (Phi) is 5.24. The number of pyridine rings is 1. The number of nitrogens with zero attached hydrogens (tertiary/aromatic N) is 4. The van der Waals surface area contributed by atoms with Gasteiger partial charge in [-0.15, -0.1) is 0 Å². The molecule has 5 heteroatoms. The van der Waals surface area contributed by atoms with E-state index in [2.05, 4.69) is 48.4 Å². The van der Waals surface area contributed by atoms with Crippen LogP contribution >= 0.6 is 0 Å². The Balaban J connectivity index is 1.53. The van der Waals surface area contributed by atoms with Crippen molar-refractivity contribution in [1.82, 2.24) is 19.7 Å². The number of hydrogen-bond donors (Lipinski definition) is 0. The molecule has 4 rings (SSSR count). The van der Waals surface area contributed by atoms with Crippen molar-refractivity contribution in [3.8, 4) is 0 Å². The van der Waals surface area contributed by atoms with Crippen LogP contribution in [-0.4, -0.2) is 38.7 Å². The van der Waals surface area contributed by atoms with E-state index in [0.29, 0.717) is 12.2 Å². The smallest absolute Gasteiger partial charge is 0.272 e. The molecular weight excluding hydrogens is 348 g/mol. The van der Waals surface area contributed by atoms with Crippen molar-refractivity contribution >= 4 is 5.91 Å². The van der Waals surface area contributed by atoms with Crippen LogP contribution in [-0.2, 0) is 13.5 Å². The molecule has 1 atom stereocenters. The average Bonchev–Trinajstić information content (AvgIpc) is 3.14. The molecule has 5 nitrogen and oxygen atoms in total. The van der Waals surface area contributed by atoms with E-state index in [1.165, 1.54) is 11.1 Å². The van der Waals surface area contributed by atoms with Crippen LogP contribution in [0.2, 0.25) is 0 Å². The maximum absolute atomic E-state index is 12.9. The molecule has 3 heterocycles. The lowest BCUT2D eigenvalue weighted by Crippen LogP contribution is -2.40. The number of aromatic nitrogens is 3. The second kappa shape index (κ2) is 7.97. The number of piperidine rings is 1. The van der Waals surface area contributed by atoms with Gasteiger partial charge >= 0.3 is 0 Å². The Morgan fingerprint density at radius 3 is 2.71 bits per heavy atom. The predicted molar refractivity (Wildman–Crippen MR) is 109 cm³/mol. The lowest BCUT2D eigenvalue weighted by Gasteiger charge is -2.32. The molecule has 1 saturated heterocycles. The molecular formula is C23H26N4O. The molecule has 0 spiro atoms. The second-order valence-corrected chi connectivity index (χ2v) is 7.63. The molecule has 1 aliphatic rings. The zero-order valence-electron chi connectivity index (χ0n) is 16.5. The van der Waals surface area contributed by atoms with Crippen LogP contribution in [0.4, 0.5) is 0 Å². The van der Waals surface area contributed by atoms with Crippen LogP contribution in [0.15, 0.2) is 54.7 Å². The lowest BCUT2D eigenvalue weighted by molar-refractivity contribution is 0.0694. The molecule has 1 amide bonds. The van der Waals surface area contributed by atoms with E-state index in [1.54, 1.807) is 16.9 Å². The van der Waals surface area contributed by atoms with Crippen molar-refractivity contribution in [2.45, 2.75) is 32.1 Å². The molecule has 1 fully saturated rings. The molecule has 1 aromatic carbocycles. The number of carbonyl (C=O) groups is 1. The van der Waals surface area contributed by atoms with E-state index < -0.39 is 0 Å². The SMILES string of the molecule is Cc1cc(Cc2ccccc2)cc(C2CCCN(C(=O)c3ccnn3C)C2)n1. The fourth-order valence-corrected chi connectivity index (χ4v) is 4.06. The minimum Gasteiger partial charge on any atom is -0.337 e. The molecule has 1 unspecified atom stereocenters. The molecule has 144 valence electrons. The third-order valence-corrected chi connectivity index (χ3v) is 5.45. The maximum Gasteiger partial charge on any atom is 0.272 e. The van der Waals surface area contributed by atoms with Gasteiger partial charge in [0.1, 0.15) is 5.69 Å². The summed E-state index contributed by atoms with van der Waals surface area (Å²) in [5.74, 6) is 0.335. The van der Waals surface area contributed by atoms with Gasteiger partial charge in [0.05, 0.1) is 0 Å². The monoisotopic (exact) mass is 374 g/mol. The Labute approximate surface area is 166 Å². The third-order valence-electron chi connectivity index (χ3n) is 5.45. The topological polar surface area (TPSA) is 51.0 Å². The molecule has 0 radical (unpaired) electrons. The molecule has 1 aliphatic heterocycles. The van der Waals surface area contributed by atoms with Crippen molar-refractivity contribution in [2.75, 3.05) is 13.1 Å². The summed E-state index contributed by atoms with van der Waals surface area (Å²) in [6.07, 6.45) is 4.64. The minimum absolute atomic E-state index is 0.0573. The highest BCUT2D eigenvalue weighted by Crippen LogP contribution is 2.28. The molecule has 28 heavy (non-hydrogen) atoms. The summed E-state index contributed by atoms with van der Waals surface area (Å²) >= 11 is 0. The summed E-state index contributed by atoms with van der Waals surface area (Å²) < 4.78 is 1.65. The molecule has 2 aromatic heterocycles. The Bertz CT molecular complexity index is 964. The first-order valence-corrected chi connectivity index (χ1v) is 9.89. The Hall–Kier alpha value is -2.95. The molecule has 0 bridgehead atoms. The van der Waals surface area contributed by atoms with Gasteiger partial charge in [0.2, 0.25) is 0 Å². The zero-order valence-corrected chi connectivity index (χ0v) is 16.5.